The van der Waals surface area contributed by atoms with E-state index in [0.717, 1.165) is 12.2 Å². The van der Waals surface area contributed by atoms with Gasteiger partial charge < -0.3 is 4.74 Å². The maximum absolute atomic E-state index is 5.85. The van der Waals surface area contributed by atoms with Crippen LogP contribution in [0.5, 0.6) is 5.75 Å². The van der Waals surface area contributed by atoms with Gasteiger partial charge in [0.25, 0.3) is 0 Å². The standard InChI is InChI=1S/C14H11Cl6N3O/c1-2-7-24-9-5-3-8(4-6-9)10-21-11(13(15,16)17)23-12(22-10)14(18,19)20/h3-6H,2,7H2,1H3. The van der Waals surface area contributed by atoms with E-state index in [0.29, 0.717) is 12.2 Å². The highest BCUT2D eigenvalue weighted by Gasteiger charge is 2.33. The molecule has 0 bridgehead atoms. The lowest BCUT2D eigenvalue weighted by Crippen LogP contribution is -2.16. The van der Waals surface area contributed by atoms with Crippen molar-refractivity contribution in [1.29, 1.82) is 0 Å². The number of hydrogen-bond donors (Lipinski definition) is 0. The average molecular weight is 450 g/mol. The molecule has 2 rings (SSSR count). The third kappa shape index (κ3) is 5.38. The zero-order valence-electron chi connectivity index (χ0n) is 12.2. The molecule has 1 aromatic heterocycles. The summed E-state index contributed by atoms with van der Waals surface area (Å²) in [6.45, 7) is 2.65. The van der Waals surface area contributed by atoms with Crippen molar-refractivity contribution in [2.45, 2.75) is 20.9 Å². The summed E-state index contributed by atoms with van der Waals surface area (Å²) in [7, 11) is 0. The Morgan fingerprint density at radius 3 is 1.75 bits per heavy atom. The first kappa shape index (κ1) is 20.1. The maximum atomic E-state index is 5.85. The third-order valence-electron chi connectivity index (χ3n) is 2.73. The van der Waals surface area contributed by atoms with Crippen LogP contribution in [0.3, 0.4) is 0 Å². The van der Waals surface area contributed by atoms with E-state index in [1.54, 1.807) is 24.3 Å². The van der Waals surface area contributed by atoms with Crippen LogP contribution in [0.4, 0.5) is 0 Å². The van der Waals surface area contributed by atoms with Gasteiger partial charge in [0.1, 0.15) is 5.75 Å². The van der Waals surface area contributed by atoms with Crippen LogP contribution < -0.4 is 4.74 Å². The van der Waals surface area contributed by atoms with Crippen molar-refractivity contribution in [3.8, 4) is 17.1 Å². The third-order valence-corrected chi connectivity index (χ3v) is 3.74. The van der Waals surface area contributed by atoms with E-state index in [2.05, 4.69) is 15.0 Å². The maximum Gasteiger partial charge on any atom is 0.250 e. The van der Waals surface area contributed by atoms with E-state index in [4.69, 9.17) is 74.3 Å². The molecule has 10 heteroatoms. The molecule has 0 aliphatic heterocycles. The highest BCUT2D eigenvalue weighted by atomic mass is 35.6. The highest BCUT2D eigenvalue weighted by molar-refractivity contribution is 6.67. The first-order chi connectivity index (χ1) is 11.1. The zero-order valence-corrected chi connectivity index (χ0v) is 16.8. The summed E-state index contributed by atoms with van der Waals surface area (Å²) in [5.41, 5.74) is 0.632. The van der Waals surface area contributed by atoms with Gasteiger partial charge in [0.15, 0.2) is 17.5 Å². The largest absolute Gasteiger partial charge is 0.494 e. The molecule has 0 aliphatic rings. The Balaban J connectivity index is 2.45. The monoisotopic (exact) mass is 447 g/mol. The minimum atomic E-state index is -1.88. The lowest BCUT2D eigenvalue weighted by molar-refractivity contribution is 0.317. The smallest absolute Gasteiger partial charge is 0.250 e. The van der Waals surface area contributed by atoms with Gasteiger partial charge in [0, 0.05) is 5.56 Å². The van der Waals surface area contributed by atoms with Gasteiger partial charge in [-0.1, -0.05) is 76.5 Å². The number of halogens is 6. The molecule has 0 saturated heterocycles. The summed E-state index contributed by atoms with van der Waals surface area (Å²) in [6, 6.07) is 7.06. The second kappa shape index (κ2) is 7.98. The SMILES string of the molecule is CCCOc1ccc(-c2nc(C(Cl)(Cl)Cl)nc(C(Cl)(Cl)Cl)n2)cc1. The Morgan fingerprint density at radius 1 is 0.833 bits per heavy atom. The Hall–Kier alpha value is -0.230. The molecule has 130 valence electrons. The van der Waals surface area contributed by atoms with Gasteiger partial charge in [-0.25, -0.2) is 15.0 Å². The fourth-order valence-electron chi connectivity index (χ4n) is 1.68. The topological polar surface area (TPSA) is 47.9 Å². The first-order valence-electron chi connectivity index (χ1n) is 6.75. The Labute approximate surface area is 169 Å². The van der Waals surface area contributed by atoms with Crippen LogP contribution in [0, 0.1) is 0 Å². The summed E-state index contributed by atoms with van der Waals surface area (Å²) < 4.78 is 1.76. The number of ether oxygens (including phenoxy) is 1. The quantitative estimate of drug-likeness (QED) is 0.538. The molecule has 0 atom stereocenters. The lowest BCUT2D eigenvalue weighted by Gasteiger charge is -2.15. The Morgan fingerprint density at radius 2 is 1.33 bits per heavy atom. The molecule has 1 aromatic carbocycles. The van der Waals surface area contributed by atoms with E-state index in [-0.39, 0.29) is 17.5 Å². The fourth-order valence-corrected chi connectivity index (χ4v) is 2.19. The molecule has 0 spiro atoms. The minimum Gasteiger partial charge on any atom is -0.494 e. The number of benzene rings is 1. The summed E-state index contributed by atoms with van der Waals surface area (Å²) in [6.07, 6.45) is 0.911. The van der Waals surface area contributed by atoms with Crippen molar-refractivity contribution in [3.05, 3.63) is 35.9 Å². The number of alkyl halides is 6. The summed E-state index contributed by atoms with van der Waals surface area (Å²) in [5.74, 6) is 0.669. The number of rotatable bonds is 4. The minimum absolute atomic E-state index is 0.134. The Bertz CT molecular complexity index is 665. The van der Waals surface area contributed by atoms with Crippen molar-refractivity contribution < 1.29 is 4.74 Å². The van der Waals surface area contributed by atoms with E-state index in [1.165, 1.54) is 0 Å². The van der Waals surface area contributed by atoms with Crippen molar-refractivity contribution in [2.75, 3.05) is 6.61 Å². The molecule has 0 amide bonds. The predicted molar refractivity (Wildman–Crippen MR) is 99.5 cm³/mol. The number of hydrogen-bond acceptors (Lipinski definition) is 4. The highest BCUT2D eigenvalue weighted by Crippen LogP contribution is 2.40. The molecule has 4 nitrogen and oxygen atoms in total. The normalized spacial score (nSPS) is 12.3. The summed E-state index contributed by atoms with van der Waals surface area (Å²) in [4.78, 5) is 12.2. The van der Waals surface area contributed by atoms with Crippen molar-refractivity contribution >= 4 is 69.6 Å². The van der Waals surface area contributed by atoms with Gasteiger partial charge >= 0.3 is 0 Å². The lowest BCUT2D eigenvalue weighted by atomic mass is 10.2. The molecule has 0 radical (unpaired) electrons. The van der Waals surface area contributed by atoms with Crippen LogP contribution >= 0.6 is 69.6 Å². The van der Waals surface area contributed by atoms with Crippen LogP contribution in [0.1, 0.15) is 25.0 Å². The van der Waals surface area contributed by atoms with Gasteiger partial charge in [0.2, 0.25) is 7.59 Å². The van der Waals surface area contributed by atoms with Crippen molar-refractivity contribution in [1.82, 2.24) is 15.0 Å². The molecule has 1 heterocycles. The van der Waals surface area contributed by atoms with Gasteiger partial charge in [-0.05, 0) is 30.7 Å². The van der Waals surface area contributed by atoms with E-state index in [9.17, 15) is 0 Å². The number of nitrogens with zero attached hydrogens (tertiary/aromatic N) is 3. The molecule has 24 heavy (non-hydrogen) atoms. The van der Waals surface area contributed by atoms with Gasteiger partial charge in [-0.2, -0.15) is 0 Å². The Kier molecular flexibility index (Phi) is 6.68. The van der Waals surface area contributed by atoms with Gasteiger partial charge in [0.05, 0.1) is 6.61 Å². The molecule has 0 fully saturated rings. The van der Waals surface area contributed by atoms with Gasteiger partial charge in [-0.15, -0.1) is 0 Å². The van der Waals surface area contributed by atoms with E-state index < -0.39 is 7.59 Å². The van der Waals surface area contributed by atoms with Crippen LogP contribution in [-0.2, 0) is 7.59 Å². The molecule has 0 N–H and O–H groups in total. The number of aromatic nitrogens is 3. The van der Waals surface area contributed by atoms with E-state index >= 15 is 0 Å². The summed E-state index contributed by atoms with van der Waals surface area (Å²) in [5, 5.41) is 0. The van der Waals surface area contributed by atoms with E-state index in [1.807, 2.05) is 6.92 Å². The van der Waals surface area contributed by atoms with Crippen LogP contribution in [0.15, 0.2) is 24.3 Å². The molecule has 0 aliphatic carbocycles. The molecule has 0 unspecified atom stereocenters. The predicted octanol–water partition coefficient (Wildman–Crippen LogP) is 5.98. The summed E-state index contributed by atoms with van der Waals surface area (Å²) >= 11 is 35.1. The first-order valence-corrected chi connectivity index (χ1v) is 9.01. The van der Waals surface area contributed by atoms with Crippen LogP contribution in [0.2, 0.25) is 0 Å². The average Bonchev–Trinajstić information content (AvgIpc) is 2.51. The van der Waals surface area contributed by atoms with Crippen molar-refractivity contribution in [2.24, 2.45) is 0 Å². The van der Waals surface area contributed by atoms with Crippen LogP contribution in [-0.4, -0.2) is 21.6 Å². The molecular weight excluding hydrogens is 439 g/mol. The molecular formula is C14H11Cl6N3O. The fraction of sp³-hybridized carbons (Fsp3) is 0.357. The molecule has 2 aromatic rings. The second-order valence-corrected chi connectivity index (χ2v) is 9.24. The second-order valence-electron chi connectivity index (χ2n) is 4.67. The zero-order chi connectivity index (χ0) is 18.0. The van der Waals surface area contributed by atoms with Crippen molar-refractivity contribution in [3.63, 3.8) is 0 Å². The van der Waals surface area contributed by atoms with Crippen LogP contribution in [0.25, 0.3) is 11.4 Å². The molecule has 0 saturated carbocycles. The van der Waals surface area contributed by atoms with Gasteiger partial charge in [-0.3, -0.25) is 0 Å².